The molecular formula is C19H23NO. The molecule has 21 heavy (non-hydrogen) atoms. The summed E-state index contributed by atoms with van der Waals surface area (Å²) in [5.41, 5.74) is 4.33. The molecule has 0 aliphatic heterocycles. The van der Waals surface area contributed by atoms with Crippen LogP contribution in [0.3, 0.4) is 0 Å². The monoisotopic (exact) mass is 281 g/mol. The number of hydrogen-bond donors (Lipinski definition) is 1. The summed E-state index contributed by atoms with van der Waals surface area (Å²) in [6.45, 7) is 1.06. The van der Waals surface area contributed by atoms with Gasteiger partial charge in [0.2, 0.25) is 0 Å². The predicted octanol–water partition coefficient (Wildman–Crippen LogP) is 3.61. The molecule has 1 N–H and O–H groups in total. The SMILES string of the molecule is CNC[C@@H]1CCc2cc(OC)ccc2[C@@H]1c1ccccc1. The number of fused-ring (bicyclic) bond motifs is 1. The van der Waals surface area contributed by atoms with Crippen LogP contribution in [-0.4, -0.2) is 20.7 Å². The van der Waals surface area contributed by atoms with Gasteiger partial charge in [-0.05, 0) is 61.2 Å². The number of hydrogen-bond acceptors (Lipinski definition) is 2. The van der Waals surface area contributed by atoms with E-state index in [2.05, 4.69) is 53.8 Å². The Morgan fingerprint density at radius 1 is 1.14 bits per heavy atom. The summed E-state index contributed by atoms with van der Waals surface area (Å²) in [6.07, 6.45) is 2.36. The molecule has 110 valence electrons. The van der Waals surface area contributed by atoms with Crippen molar-refractivity contribution < 1.29 is 4.74 Å². The van der Waals surface area contributed by atoms with Gasteiger partial charge in [-0.2, -0.15) is 0 Å². The van der Waals surface area contributed by atoms with Crippen LogP contribution in [-0.2, 0) is 6.42 Å². The van der Waals surface area contributed by atoms with E-state index in [1.807, 2.05) is 7.05 Å². The smallest absolute Gasteiger partial charge is 0.119 e. The van der Waals surface area contributed by atoms with Crippen LogP contribution in [0.2, 0.25) is 0 Å². The van der Waals surface area contributed by atoms with Crippen LogP contribution in [0.4, 0.5) is 0 Å². The summed E-state index contributed by atoms with van der Waals surface area (Å²) >= 11 is 0. The Bertz CT molecular complexity index is 594. The van der Waals surface area contributed by atoms with Crippen LogP contribution >= 0.6 is 0 Å². The van der Waals surface area contributed by atoms with Gasteiger partial charge >= 0.3 is 0 Å². The summed E-state index contributed by atoms with van der Waals surface area (Å²) in [6, 6.07) is 17.5. The normalized spacial score (nSPS) is 20.9. The molecule has 0 saturated carbocycles. The summed E-state index contributed by atoms with van der Waals surface area (Å²) in [4.78, 5) is 0. The van der Waals surface area contributed by atoms with Gasteiger partial charge in [-0.15, -0.1) is 0 Å². The molecule has 0 aromatic heterocycles. The number of benzene rings is 2. The Balaban J connectivity index is 2.04. The maximum absolute atomic E-state index is 5.38. The molecule has 2 heteroatoms. The van der Waals surface area contributed by atoms with Gasteiger partial charge in [-0.3, -0.25) is 0 Å². The van der Waals surface area contributed by atoms with E-state index >= 15 is 0 Å². The number of rotatable bonds is 4. The molecule has 0 unspecified atom stereocenters. The zero-order chi connectivity index (χ0) is 14.7. The average Bonchev–Trinajstić information content (AvgIpc) is 2.55. The van der Waals surface area contributed by atoms with Gasteiger partial charge < -0.3 is 10.1 Å². The highest BCUT2D eigenvalue weighted by Gasteiger charge is 2.30. The summed E-state index contributed by atoms with van der Waals surface area (Å²) < 4.78 is 5.38. The van der Waals surface area contributed by atoms with Crippen molar-refractivity contribution in [1.82, 2.24) is 5.32 Å². The molecule has 2 nitrogen and oxygen atoms in total. The first-order valence-electron chi connectivity index (χ1n) is 7.70. The Morgan fingerprint density at radius 2 is 1.95 bits per heavy atom. The van der Waals surface area contributed by atoms with Crippen molar-refractivity contribution in [3.05, 3.63) is 65.2 Å². The zero-order valence-corrected chi connectivity index (χ0v) is 12.8. The lowest BCUT2D eigenvalue weighted by Crippen LogP contribution is -2.29. The van der Waals surface area contributed by atoms with Gasteiger partial charge in [0.1, 0.15) is 5.75 Å². The molecule has 0 saturated heterocycles. The van der Waals surface area contributed by atoms with Crippen molar-refractivity contribution in [2.45, 2.75) is 18.8 Å². The number of ether oxygens (including phenoxy) is 1. The van der Waals surface area contributed by atoms with Gasteiger partial charge in [-0.25, -0.2) is 0 Å². The molecule has 0 heterocycles. The van der Waals surface area contributed by atoms with E-state index < -0.39 is 0 Å². The second kappa shape index (κ2) is 6.31. The second-order valence-electron chi connectivity index (χ2n) is 5.81. The lowest BCUT2D eigenvalue weighted by atomic mass is 9.72. The molecule has 0 fully saturated rings. The van der Waals surface area contributed by atoms with Crippen molar-refractivity contribution >= 4 is 0 Å². The number of aryl methyl sites for hydroxylation is 1. The highest BCUT2D eigenvalue weighted by molar-refractivity contribution is 5.44. The molecule has 0 spiro atoms. The first-order valence-corrected chi connectivity index (χ1v) is 7.70. The van der Waals surface area contributed by atoms with E-state index in [9.17, 15) is 0 Å². The fraction of sp³-hybridized carbons (Fsp3) is 0.368. The van der Waals surface area contributed by atoms with Gasteiger partial charge in [0.25, 0.3) is 0 Å². The summed E-state index contributed by atoms with van der Waals surface area (Å²) in [5.74, 6) is 2.10. The first-order chi connectivity index (χ1) is 10.3. The highest BCUT2D eigenvalue weighted by Crippen LogP contribution is 2.41. The molecule has 2 aromatic rings. The molecule has 1 aliphatic carbocycles. The van der Waals surface area contributed by atoms with E-state index in [0.717, 1.165) is 18.7 Å². The lowest BCUT2D eigenvalue weighted by Gasteiger charge is -2.34. The first kappa shape index (κ1) is 14.2. The van der Waals surface area contributed by atoms with E-state index in [1.54, 1.807) is 7.11 Å². The van der Waals surface area contributed by atoms with Gasteiger partial charge in [0, 0.05) is 5.92 Å². The quantitative estimate of drug-likeness (QED) is 0.924. The van der Waals surface area contributed by atoms with E-state index in [0.29, 0.717) is 11.8 Å². The predicted molar refractivity (Wildman–Crippen MR) is 87.0 cm³/mol. The Hall–Kier alpha value is -1.80. The van der Waals surface area contributed by atoms with E-state index in [1.165, 1.54) is 23.1 Å². The Kier molecular flexibility index (Phi) is 4.26. The van der Waals surface area contributed by atoms with Crippen molar-refractivity contribution in [1.29, 1.82) is 0 Å². The standard InChI is InChI=1S/C19H23NO/c1-20-13-16-9-8-15-12-17(21-2)10-11-18(15)19(16)14-6-4-3-5-7-14/h3-7,10-12,16,19-20H,8-9,13H2,1-2H3/t16-,19+/m0/s1. The number of nitrogens with one attached hydrogen (secondary N) is 1. The minimum atomic E-state index is 0.480. The number of methoxy groups -OCH3 is 1. The summed E-state index contributed by atoms with van der Waals surface area (Å²) in [7, 11) is 3.79. The molecular weight excluding hydrogens is 258 g/mol. The molecule has 0 amide bonds. The van der Waals surface area contributed by atoms with Crippen LogP contribution in [0.15, 0.2) is 48.5 Å². The Morgan fingerprint density at radius 3 is 2.67 bits per heavy atom. The lowest BCUT2D eigenvalue weighted by molar-refractivity contribution is 0.389. The Labute approximate surface area is 127 Å². The minimum Gasteiger partial charge on any atom is -0.497 e. The van der Waals surface area contributed by atoms with Crippen molar-refractivity contribution in [2.24, 2.45) is 5.92 Å². The van der Waals surface area contributed by atoms with Crippen LogP contribution < -0.4 is 10.1 Å². The third kappa shape index (κ3) is 2.81. The van der Waals surface area contributed by atoms with Crippen molar-refractivity contribution in [2.75, 3.05) is 20.7 Å². The average molecular weight is 281 g/mol. The molecule has 0 bridgehead atoms. The third-order valence-electron chi connectivity index (χ3n) is 4.57. The fourth-order valence-electron chi connectivity index (χ4n) is 3.58. The van der Waals surface area contributed by atoms with Crippen molar-refractivity contribution in [3.63, 3.8) is 0 Å². The topological polar surface area (TPSA) is 21.3 Å². The van der Waals surface area contributed by atoms with Crippen LogP contribution in [0, 0.1) is 5.92 Å². The molecule has 3 rings (SSSR count). The summed E-state index contributed by atoms with van der Waals surface area (Å²) in [5, 5.41) is 3.37. The second-order valence-corrected chi connectivity index (χ2v) is 5.81. The third-order valence-corrected chi connectivity index (χ3v) is 4.57. The largest absolute Gasteiger partial charge is 0.497 e. The molecule has 2 aromatic carbocycles. The minimum absolute atomic E-state index is 0.480. The highest BCUT2D eigenvalue weighted by atomic mass is 16.5. The molecule has 1 aliphatic rings. The van der Waals surface area contributed by atoms with Crippen LogP contribution in [0.1, 0.15) is 29.0 Å². The van der Waals surface area contributed by atoms with Crippen molar-refractivity contribution in [3.8, 4) is 5.75 Å². The van der Waals surface area contributed by atoms with Crippen LogP contribution in [0.5, 0.6) is 5.75 Å². The molecule has 2 atom stereocenters. The maximum atomic E-state index is 5.38. The van der Waals surface area contributed by atoms with Gasteiger partial charge in [0.15, 0.2) is 0 Å². The van der Waals surface area contributed by atoms with Gasteiger partial charge in [0.05, 0.1) is 7.11 Å². The van der Waals surface area contributed by atoms with Gasteiger partial charge in [-0.1, -0.05) is 36.4 Å². The molecule has 0 radical (unpaired) electrons. The van der Waals surface area contributed by atoms with E-state index in [-0.39, 0.29) is 0 Å². The fourth-order valence-corrected chi connectivity index (χ4v) is 3.58. The maximum Gasteiger partial charge on any atom is 0.119 e. The van der Waals surface area contributed by atoms with Crippen LogP contribution in [0.25, 0.3) is 0 Å². The van der Waals surface area contributed by atoms with E-state index in [4.69, 9.17) is 4.74 Å². The zero-order valence-electron chi connectivity index (χ0n) is 12.8.